The number of halogens is 1. The van der Waals surface area contributed by atoms with E-state index >= 15 is 0 Å². The molecule has 0 spiro atoms. The van der Waals surface area contributed by atoms with Crippen molar-refractivity contribution in [3.63, 3.8) is 0 Å². The number of likely N-dealkylation sites (tertiary alicyclic amines) is 1. The third-order valence-corrected chi connectivity index (χ3v) is 13.2. The van der Waals surface area contributed by atoms with Crippen LogP contribution in [-0.4, -0.2) is 107 Å². The first-order valence-corrected chi connectivity index (χ1v) is 20.9. The molecule has 8 rings (SSSR count). The number of ether oxygens (including phenoxy) is 4. The largest absolute Gasteiger partial charge is 0.490 e. The maximum absolute atomic E-state index is 14.8. The number of hydrogen-bond acceptors (Lipinski definition) is 12. The summed E-state index contributed by atoms with van der Waals surface area (Å²) >= 11 is 6.93. The number of hydrogen-bond donors (Lipinski definition) is 4. The van der Waals surface area contributed by atoms with Crippen LogP contribution in [0.2, 0.25) is 5.02 Å². The molecule has 5 aliphatic rings. The lowest BCUT2D eigenvalue weighted by molar-refractivity contribution is -0.146. The summed E-state index contributed by atoms with van der Waals surface area (Å²) in [6, 6.07) is 3.23. The lowest BCUT2D eigenvalue weighted by atomic mass is 9.85. The molecule has 4 saturated carbocycles. The van der Waals surface area contributed by atoms with Gasteiger partial charge in [0.05, 0.1) is 24.4 Å². The van der Waals surface area contributed by atoms with Crippen LogP contribution in [0.15, 0.2) is 41.5 Å². The highest BCUT2D eigenvalue weighted by atomic mass is 35.5. The number of methoxy groups -OCH3 is 1. The van der Waals surface area contributed by atoms with Crippen molar-refractivity contribution in [3.05, 3.63) is 42.1 Å². The molecule has 1 aliphatic heterocycles. The number of carboxylic acids is 1. The zero-order valence-corrected chi connectivity index (χ0v) is 35.5. The van der Waals surface area contributed by atoms with Crippen LogP contribution in [0, 0.1) is 22.2 Å². The Morgan fingerprint density at radius 1 is 1.07 bits per heavy atom. The average molecular weight is 849 g/mol. The van der Waals surface area contributed by atoms with Crippen LogP contribution in [0.1, 0.15) is 73.1 Å². The summed E-state index contributed by atoms with van der Waals surface area (Å²) in [6.07, 6.45) is 5.53. The summed E-state index contributed by atoms with van der Waals surface area (Å²) in [5, 5.41) is 19.6. The Kier molecular flexibility index (Phi) is 10.5. The zero-order valence-electron chi connectivity index (χ0n) is 34.8. The summed E-state index contributed by atoms with van der Waals surface area (Å²) in [6.45, 7) is 13.6. The van der Waals surface area contributed by atoms with Crippen LogP contribution in [0.4, 0.5) is 10.8 Å². The number of anilines is 1. The molecule has 5 atom stereocenters. The first-order valence-electron chi connectivity index (χ1n) is 20.5. The number of carbonyl (C=O) groups is 4. The fourth-order valence-corrected chi connectivity index (χ4v) is 9.65. The van der Waals surface area contributed by atoms with Crippen LogP contribution in [0.3, 0.4) is 0 Å². The van der Waals surface area contributed by atoms with Crippen molar-refractivity contribution >= 4 is 52.4 Å². The second-order valence-electron chi connectivity index (χ2n) is 18.5. The first kappa shape index (κ1) is 41.6. The number of carbonyl (C=O) groups excluding carboxylic acids is 3. The third-order valence-electron chi connectivity index (χ3n) is 12.9. The van der Waals surface area contributed by atoms with Crippen LogP contribution >= 0.6 is 11.6 Å². The van der Waals surface area contributed by atoms with Gasteiger partial charge in [0.15, 0.2) is 0 Å². The molecule has 3 heterocycles. The highest BCUT2D eigenvalue weighted by Crippen LogP contribution is 2.93. The number of pyridine rings is 1. The molecule has 1 saturated heterocycles. The second-order valence-corrected chi connectivity index (χ2v) is 18.9. The van der Waals surface area contributed by atoms with E-state index in [2.05, 4.69) is 27.5 Å². The molecule has 2 aromatic heterocycles. The number of oxazole rings is 1. The number of carboxylic acid groups (broad SMARTS) is 1. The van der Waals surface area contributed by atoms with Gasteiger partial charge in [-0.3, -0.25) is 9.59 Å². The smallest absolute Gasteiger partial charge is 0.408 e. The Hall–Kier alpha value is -5.09. The molecule has 3 aromatic rings. The van der Waals surface area contributed by atoms with E-state index in [1.54, 1.807) is 25.3 Å². The summed E-state index contributed by atoms with van der Waals surface area (Å²) in [7, 11) is 1.57. The van der Waals surface area contributed by atoms with Crippen molar-refractivity contribution in [2.75, 3.05) is 32.2 Å². The summed E-state index contributed by atoms with van der Waals surface area (Å²) in [4.78, 5) is 65.6. The summed E-state index contributed by atoms with van der Waals surface area (Å²) in [5.41, 5.74) is -0.556. The average Bonchev–Trinajstić information content (AvgIpc) is 3.96. The Bertz CT molecular complexity index is 2220. The molecule has 17 heteroatoms. The van der Waals surface area contributed by atoms with Gasteiger partial charge >= 0.3 is 12.1 Å². The van der Waals surface area contributed by atoms with Crippen molar-refractivity contribution in [2.45, 2.75) is 109 Å². The first-order chi connectivity index (χ1) is 28.4. The zero-order chi connectivity index (χ0) is 42.9. The van der Waals surface area contributed by atoms with E-state index in [9.17, 15) is 24.3 Å². The number of aliphatic carboxylic acids is 1. The molecular weight excluding hydrogens is 796 g/mol. The molecule has 322 valence electrons. The van der Waals surface area contributed by atoms with Crippen molar-refractivity contribution in [1.82, 2.24) is 25.5 Å². The van der Waals surface area contributed by atoms with E-state index in [0.29, 0.717) is 57.2 Å². The number of amides is 3. The quantitative estimate of drug-likeness (QED) is 0.0971. The number of nitrogens with zero attached hydrogens (tertiary/aromatic N) is 3. The van der Waals surface area contributed by atoms with Gasteiger partial charge in [-0.25, -0.2) is 14.6 Å². The van der Waals surface area contributed by atoms with Gasteiger partial charge in [0.2, 0.25) is 11.8 Å². The minimum absolute atomic E-state index is 0.00289. The van der Waals surface area contributed by atoms with Gasteiger partial charge in [0, 0.05) is 36.9 Å². The van der Waals surface area contributed by atoms with Gasteiger partial charge in [-0.1, -0.05) is 38.4 Å². The number of alkyl carbamates (subject to hydrolysis) is 1. The second kappa shape index (κ2) is 15.1. The third kappa shape index (κ3) is 7.61. The van der Waals surface area contributed by atoms with Gasteiger partial charge in [0.25, 0.3) is 6.01 Å². The highest BCUT2D eigenvalue weighted by molar-refractivity contribution is 6.36. The predicted octanol–water partition coefficient (Wildman–Crippen LogP) is 5.97. The molecule has 4 N–H and O–H groups in total. The van der Waals surface area contributed by atoms with Crippen LogP contribution in [0.5, 0.6) is 11.5 Å². The lowest BCUT2D eigenvalue weighted by Gasteiger charge is -2.35. The molecule has 0 radical (unpaired) electrons. The molecule has 16 nitrogen and oxygen atoms in total. The topological polar surface area (TPSA) is 204 Å². The van der Waals surface area contributed by atoms with E-state index in [1.165, 1.54) is 30.1 Å². The number of fused-ring (bicyclic) bond motifs is 1. The lowest BCUT2D eigenvalue weighted by Crippen LogP contribution is -2.59. The number of benzene rings is 1. The van der Waals surface area contributed by atoms with Gasteiger partial charge in [0.1, 0.15) is 64.9 Å². The predicted molar refractivity (Wildman–Crippen MR) is 220 cm³/mol. The fourth-order valence-electron chi connectivity index (χ4n) is 9.38. The molecule has 0 bridgehead atoms. The van der Waals surface area contributed by atoms with Crippen LogP contribution < -0.4 is 25.4 Å². The molecule has 0 unspecified atom stereocenters. The maximum Gasteiger partial charge on any atom is 0.408 e. The van der Waals surface area contributed by atoms with Crippen LogP contribution in [-0.2, 0) is 23.9 Å². The Morgan fingerprint density at radius 3 is 2.43 bits per heavy atom. The SMILES string of the molecule is C=C[C@@H]1C[C@]1(NC(=O)[C@@H]1C[C@@H](Oc2cc(-c3coc(NC(C)C)n3)nc3c(Cl)c(OCCOC)ccc23)CN1C(=O)[C@@H](NC(=O)OC1CC23CC2(C1)C3)C(C)(C)C)C(=O)O. The van der Waals surface area contributed by atoms with E-state index in [1.807, 2.05) is 34.6 Å². The molecule has 60 heavy (non-hydrogen) atoms. The van der Waals surface area contributed by atoms with E-state index in [4.69, 9.17) is 39.9 Å². The Morgan fingerprint density at radius 2 is 1.80 bits per heavy atom. The van der Waals surface area contributed by atoms with Gasteiger partial charge in [-0.05, 0) is 74.3 Å². The Balaban J connectivity index is 1.10. The molecule has 3 amide bonds. The minimum Gasteiger partial charge on any atom is -0.490 e. The molecule has 5 fully saturated rings. The molecule has 4 aliphatic carbocycles. The minimum atomic E-state index is -1.55. The van der Waals surface area contributed by atoms with Crippen molar-refractivity contribution in [1.29, 1.82) is 0 Å². The highest BCUT2D eigenvalue weighted by Gasteiger charge is 2.86. The van der Waals surface area contributed by atoms with Crippen molar-refractivity contribution in [3.8, 4) is 22.9 Å². The normalized spacial score (nSPS) is 29.0. The van der Waals surface area contributed by atoms with Gasteiger partial charge in [-0.15, -0.1) is 6.58 Å². The Labute approximate surface area is 353 Å². The van der Waals surface area contributed by atoms with Gasteiger partial charge in [-0.2, -0.15) is 4.98 Å². The van der Waals surface area contributed by atoms with Crippen molar-refractivity contribution in [2.24, 2.45) is 22.2 Å². The van der Waals surface area contributed by atoms with E-state index in [0.717, 1.165) is 12.8 Å². The molecular formula is C43H53ClN6O10. The summed E-state index contributed by atoms with van der Waals surface area (Å²) in [5.74, 6) is -2.16. The maximum atomic E-state index is 14.8. The standard InChI is InChI=1S/C43H53ClN6O10/c1-8-23-15-43(23,37(53)54)49-35(51)29-13-24(18-50(29)36(52)34(40(4,5)6)48-39(55)60-25-16-41-20-42(41,17-25)21-41)59-31-14-27(28-19-58-38(47-28)45-22(2)3)46-33-26(31)9-10-30(32(33)44)57-12-11-56-7/h8-10,14,19,22-25,29,34H,1,11-13,15-18,20-21H2,2-7H3,(H,45,47)(H,48,55)(H,49,51)(H,53,54)/t23-,24-,25?,29+,34-,41?,42?,43-/m1/s1. The number of aromatic nitrogens is 2. The number of rotatable bonds is 16. The molecule has 1 aromatic carbocycles. The van der Waals surface area contributed by atoms with Gasteiger partial charge < -0.3 is 49.3 Å². The monoisotopic (exact) mass is 848 g/mol. The fraction of sp³-hybridized carbons (Fsp3) is 0.581. The number of nitrogens with one attached hydrogen (secondary N) is 3. The van der Waals surface area contributed by atoms with Crippen molar-refractivity contribution < 1.29 is 47.6 Å². The van der Waals surface area contributed by atoms with E-state index in [-0.39, 0.29) is 43.2 Å². The summed E-state index contributed by atoms with van der Waals surface area (Å²) < 4.78 is 29.3. The van der Waals surface area contributed by atoms with E-state index < -0.39 is 58.9 Å². The van der Waals surface area contributed by atoms with Crippen LogP contribution in [0.25, 0.3) is 22.3 Å².